The fourth-order valence-corrected chi connectivity index (χ4v) is 1.90. The first-order valence-electron chi connectivity index (χ1n) is 4.73. The molecule has 0 radical (unpaired) electrons. The first kappa shape index (κ1) is 11.6. The molecule has 6 nitrogen and oxygen atoms in total. The zero-order valence-corrected chi connectivity index (χ0v) is 8.63. The second kappa shape index (κ2) is 4.37. The number of esters is 1. The minimum absolute atomic E-state index is 0.104. The van der Waals surface area contributed by atoms with Crippen LogP contribution in [0.1, 0.15) is 20.3 Å². The number of nitrogens with zero attached hydrogens (tertiary/aromatic N) is 1. The number of hydrogen-bond donors (Lipinski definition) is 0. The Morgan fingerprint density at radius 2 is 2.27 bits per heavy atom. The molecule has 0 heterocycles. The summed E-state index contributed by atoms with van der Waals surface area (Å²) in [6, 6.07) is 0. The van der Waals surface area contributed by atoms with Crippen molar-refractivity contribution in [3.63, 3.8) is 0 Å². The van der Waals surface area contributed by atoms with Crippen LogP contribution in [0, 0.1) is 22.0 Å². The van der Waals surface area contributed by atoms with E-state index < -0.39 is 22.9 Å². The zero-order valence-electron chi connectivity index (χ0n) is 8.63. The number of nitro groups is 1. The molecule has 0 N–H and O–H groups in total. The number of Topliss-reactive ketones (excluding diaryl/α,β-unsaturated/α-hetero) is 1. The Balaban J connectivity index is 2.75. The molecule has 6 heteroatoms. The maximum absolute atomic E-state index is 11.4. The summed E-state index contributed by atoms with van der Waals surface area (Å²) in [5.74, 6) is -1.39. The lowest BCUT2D eigenvalue weighted by atomic mass is 9.97. The Hall–Kier alpha value is -1.46. The number of carbonyl (C=O) groups excluding carboxylic acids is 2. The average molecular weight is 215 g/mol. The predicted molar refractivity (Wildman–Crippen MR) is 49.7 cm³/mol. The van der Waals surface area contributed by atoms with Crippen molar-refractivity contribution in [3.8, 4) is 0 Å². The SMILES string of the molecule is CC(=O)OC1C(=O)CC(C)C1C[N+](=O)[O-]. The van der Waals surface area contributed by atoms with E-state index in [-0.39, 0.29) is 24.7 Å². The Kier molecular flexibility index (Phi) is 3.39. The molecule has 0 aromatic carbocycles. The average Bonchev–Trinajstić information content (AvgIpc) is 2.30. The lowest BCUT2D eigenvalue weighted by molar-refractivity contribution is -0.490. The molecule has 0 aromatic rings. The molecular weight excluding hydrogens is 202 g/mol. The van der Waals surface area contributed by atoms with E-state index in [1.807, 2.05) is 0 Å². The molecule has 15 heavy (non-hydrogen) atoms. The van der Waals surface area contributed by atoms with E-state index in [9.17, 15) is 19.7 Å². The Bertz CT molecular complexity index is 301. The highest BCUT2D eigenvalue weighted by Crippen LogP contribution is 2.31. The van der Waals surface area contributed by atoms with Gasteiger partial charge in [0.1, 0.15) is 0 Å². The number of ketones is 1. The van der Waals surface area contributed by atoms with Gasteiger partial charge in [0.05, 0.1) is 5.92 Å². The summed E-state index contributed by atoms with van der Waals surface area (Å²) in [4.78, 5) is 32.1. The van der Waals surface area contributed by atoms with Crippen LogP contribution in [-0.4, -0.2) is 29.3 Å². The van der Waals surface area contributed by atoms with Crippen LogP contribution in [0.5, 0.6) is 0 Å². The van der Waals surface area contributed by atoms with Crippen LogP contribution in [0.4, 0.5) is 0 Å². The minimum Gasteiger partial charge on any atom is -0.454 e. The van der Waals surface area contributed by atoms with E-state index >= 15 is 0 Å². The summed E-state index contributed by atoms with van der Waals surface area (Å²) in [5.41, 5.74) is 0. The minimum atomic E-state index is -0.928. The molecule has 0 saturated heterocycles. The molecule has 1 rings (SSSR count). The predicted octanol–water partition coefficient (Wildman–Crippen LogP) is 0.420. The van der Waals surface area contributed by atoms with Gasteiger partial charge in [-0.25, -0.2) is 0 Å². The third-order valence-electron chi connectivity index (χ3n) is 2.61. The first-order valence-corrected chi connectivity index (χ1v) is 4.73. The molecule has 3 atom stereocenters. The maximum atomic E-state index is 11.4. The highest BCUT2D eigenvalue weighted by Gasteiger charge is 2.45. The van der Waals surface area contributed by atoms with Crippen LogP contribution < -0.4 is 0 Å². The molecule has 0 aromatic heterocycles. The molecule has 0 amide bonds. The number of ether oxygens (including phenoxy) is 1. The van der Waals surface area contributed by atoms with Gasteiger partial charge in [-0.15, -0.1) is 0 Å². The van der Waals surface area contributed by atoms with Gasteiger partial charge in [-0.05, 0) is 5.92 Å². The monoisotopic (exact) mass is 215 g/mol. The standard InChI is InChI=1S/C9H13NO5/c1-5-3-8(12)9(15-6(2)11)7(5)4-10(13)14/h5,7,9H,3-4H2,1-2H3. The lowest BCUT2D eigenvalue weighted by Crippen LogP contribution is -2.33. The second-order valence-electron chi connectivity index (χ2n) is 3.86. The van der Waals surface area contributed by atoms with E-state index in [2.05, 4.69) is 0 Å². The van der Waals surface area contributed by atoms with Crippen molar-refractivity contribution in [1.29, 1.82) is 0 Å². The summed E-state index contributed by atoms with van der Waals surface area (Å²) < 4.78 is 4.81. The van der Waals surface area contributed by atoms with Crippen molar-refractivity contribution < 1.29 is 19.2 Å². The molecule has 0 spiro atoms. The summed E-state index contributed by atoms with van der Waals surface area (Å²) in [5, 5.41) is 10.4. The molecule has 3 unspecified atom stereocenters. The van der Waals surface area contributed by atoms with Gasteiger partial charge in [-0.3, -0.25) is 19.7 Å². The Labute approximate surface area is 86.7 Å². The van der Waals surface area contributed by atoms with Crippen LogP contribution in [-0.2, 0) is 14.3 Å². The summed E-state index contributed by atoms with van der Waals surface area (Å²) in [6.45, 7) is 2.62. The summed E-state index contributed by atoms with van der Waals surface area (Å²) in [7, 11) is 0. The Morgan fingerprint density at radius 1 is 1.67 bits per heavy atom. The third kappa shape index (κ3) is 2.74. The van der Waals surface area contributed by atoms with Crippen molar-refractivity contribution in [2.75, 3.05) is 6.54 Å². The zero-order chi connectivity index (χ0) is 11.6. The first-order chi connectivity index (χ1) is 6.91. The molecule has 1 saturated carbocycles. The van der Waals surface area contributed by atoms with E-state index in [0.717, 1.165) is 0 Å². The molecular formula is C9H13NO5. The van der Waals surface area contributed by atoms with E-state index in [1.54, 1.807) is 6.92 Å². The normalized spacial score (nSPS) is 30.3. The Morgan fingerprint density at radius 3 is 2.73 bits per heavy atom. The van der Waals surface area contributed by atoms with Crippen LogP contribution in [0.25, 0.3) is 0 Å². The molecule has 0 bridgehead atoms. The second-order valence-corrected chi connectivity index (χ2v) is 3.86. The smallest absolute Gasteiger partial charge is 0.303 e. The molecule has 84 valence electrons. The molecule has 1 aliphatic carbocycles. The van der Waals surface area contributed by atoms with Gasteiger partial charge < -0.3 is 4.74 Å². The van der Waals surface area contributed by atoms with Crippen molar-refractivity contribution >= 4 is 11.8 Å². The van der Waals surface area contributed by atoms with Gasteiger partial charge in [0, 0.05) is 18.3 Å². The maximum Gasteiger partial charge on any atom is 0.303 e. The lowest BCUT2D eigenvalue weighted by Gasteiger charge is -2.17. The highest BCUT2D eigenvalue weighted by atomic mass is 16.6. The number of carbonyl (C=O) groups is 2. The number of rotatable bonds is 3. The fraction of sp³-hybridized carbons (Fsp3) is 0.778. The van der Waals surface area contributed by atoms with E-state index in [1.165, 1.54) is 6.92 Å². The summed E-state index contributed by atoms with van der Waals surface area (Å²) >= 11 is 0. The topological polar surface area (TPSA) is 86.5 Å². The van der Waals surface area contributed by atoms with Gasteiger partial charge in [-0.1, -0.05) is 6.92 Å². The van der Waals surface area contributed by atoms with Crippen molar-refractivity contribution in [2.24, 2.45) is 11.8 Å². The summed E-state index contributed by atoms with van der Waals surface area (Å²) in [6.07, 6.45) is -0.681. The van der Waals surface area contributed by atoms with Crippen LogP contribution in [0.2, 0.25) is 0 Å². The van der Waals surface area contributed by atoms with Crippen molar-refractivity contribution in [2.45, 2.75) is 26.4 Å². The highest BCUT2D eigenvalue weighted by molar-refractivity contribution is 5.87. The van der Waals surface area contributed by atoms with Gasteiger partial charge in [0.25, 0.3) is 0 Å². The van der Waals surface area contributed by atoms with E-state index in [0.29, 0.717) is 0 Å². The number of hydrogen-bond acceptors (Lipinski definition) is 5. The van der Waals surface area contributed by atoms with Gasteiger partial charge in [-0.2, -0.15) is 0 Å². The van der Waals surface area contributed by atoms with Crippen molar-refractivity contribution in [1.82, 2.24) is 0 Å². The quantitative estimate of drug-likeness (QED) is 0.387. The molecule has 0 aliphatic heterocycles. The van der Waals surface area contributed by atoms with Crippen LogP contribution >= 0.6 is 0 Å². The van der Waals surface area contributed by atoms with Crippen molar-refractivity contribution in [3.05, 3.63) is 10.1 Å². The van der Waals surface area contributed by atoms with Crippen LogP contribution in [0.3, 0.4) is 0 Å². The van der Waals surface area contributed by atoms with Gasteiger partial charge in [0.15, 0.2) is 11.9 Å². The fourth-order valence-electron chi connectivity index (χ4n) is 1.90. The molecule has 1 aliphatic rings. The van der Waals surface area contributed by atoms with Crippen LogP contribution in [0.15, 0.2) is 0 Å². The molecule has 1 fully saturated rings. The van der Waals surface area contributed by atoms with Gasteiger partial charge in [0.2, 0.25) is 6.54 Å². The van der Waals surface area contributed by atoms with E-state index in [4.69, 9.17) is 4.74 Å². The third-order valence-corrected chi connectivity index (χ3v) is 2.61. The largest absolute Gasteiger partial charge is 0.454 e. The van der Waals surface area contributed by atoms with Gasteiger partial charge >= 0.3 is 5.97 Å².